The molecule has 10 nitrogen and oxygen atoms in total. The number of nitrogens with zero attached hydrogens (tertiary/aromatic N) is 8. The summed E-state index contributed by atoms with van der Waals surface area (Å²) < 4.78 is 14.5. The first kappa shape index (κ1) is 21.5. The molecule has 10 heteroatoms. The SMILES string of the molecule is COc1nc(C)c(-c2ncc3cnn(Cc4ccc(-c5nc(C)cn5C)cc4)c3n2)c(OC)n1. The van der Waals surface area contributed by atoms with Gasteiger partial charge in [-0.3, -0.25) is 0 Å². The highest BCUT2D eigenvalue weighted by Crippen LogP contribution is 2.30. The minimum Gasteiger partial charge on any atom is -0.480 e. The van der Waals surface area contributed by atoms with Gasteiger partial charge in [-0.1, -0.05) is 24.3 Å². The molecule has 0 aliphatic rings. The van der Waals surface area contributed by atoms with E-state index in [1.165, 1.54) is 7.11 Å². The molecule has 0 radical (unpaired) electrons. The number of hydrogen-bond donors (Lipinski definition) is 0. The molecule has 1 aromatic carbocycles. The summed E-state index contributed by atoms with van der Waals surface area (Å²) >= 11 is 0. The Hall–Kier alpha value is -4.34. The molecule has 0 amide bonds. The van der Waals surface area contributed by atoms with Gasteiger partial charge in [0, 0.05) is 25.0 Å². The van der Waals surface area contributed by atoms with Crippen LogP contribution in [-0.4, -0.2) is 53.5 Å². The number of benzene rings is 1. The van der Waals surface area contributed by atoms with Crippen molar-refractivity contribution in [3.8, 4) is 34.7 Å². The van der Waals surface area contributed by atoms with Crippen LogP contribution in [0.2, 0.25) is 0 Å². The maximum Gasteiger partial charge on any atom is 0.319 e. The van der Waals surface area contributed by atoms with Gasteiger partial charge in [0.25, 0.3) is 0 Å². The van der Waals surface area contributed by atoms with Crippen LogP contribution in [0.5, 0.6) is 11.9 Å². The fourth-order valence-corrected chi connectivity index (χ4v) is 3.94. The third-order valence-electron chi connectivity index (χ3n) is 5.55. The van der Waals surface area contributed by atoms with Crippen molar-refractivity contribution >= 4 is 11.0 Å². The Kier molecular flexibility index (Phi) is 5.40. The van der Waals surface area contributed by atoms with Gasteiger partial charge in [-0.05, 0) is 19.4 Å². The molecule has 0 aliphatic heterocycles. The second-order valence-corrected chi connectivity index (χ2v) is 7.97. The smallest absolute Gasteiger partial charge is 0.319 e. The molecule has 0 bridgehead atoms. The van der Waals surface area contributed by atoms with Gasteiger partial charge in [0.05, 0.1) is 43.7 Å². The quantitative estimate of drug-likeness (QED) is 0.383. The number of rotatable bonds is 6. The molecule has 0 fully saturated rings. The first-order valence-corrected chi connectivity index (χ1v) is 10.7. The van der Waals surface area contributed by atoms with Crippen molar-refractivity contribution in [1.82, 2.24) is 39.3 Å². The van der Waals surface area contributed by atoms with E-state index in [4.69, 9.17) is 14.5 Å². The van der Waals surface area contributed by atoms with Crippen molar-refractivity contribution in [3.63, 3.8) is 0 Å². The Morgan fingerprint density at radius 1 is 0.912 bits per heavy atom. The molecule has 5 rings (SSSR count). The highest BCUT2D eigenvalue weighted by atomic mass is 16.5. The van der Waals surface area contributed by atoms with E-state index in [1.54, 1.807) is 19.5 Å². The molecule has 4 heterocycles. The minimum atomic E-state index is 0.230. The molecular formula is C24H24N8O2. The molecule has 0 unspecified atom stereocenters. The normalized spacial score (nSPS) is 11.2. The second kappa shape index (κ2) is 8.54. The molecule has 0 spiro atoms. The summed E-state index contributed by atoms with van der Waals surface area (Å²) in [6.45, 7) is 4.40. The van der Waals surface area contributed by atoms with E-state index >= 15 is 0 Å². The Balaban J connectivity index is 1.48. The molecule has 34 heavy (non-hydrogen) atoms. The molecular weight excluding hydrogens is 432 g/mol. The Morgan fingerprint density at radius 3 is 2.38 bits per heavy atom. The minimum absolute atomic E-state index is 0.230. The molecule has 4 aromatic heterocycles. The van der Waals surface area contributed by atoms with Crippen molar-refractivity contribution in [2.45, 2.75) is 20.4 Å². The van der Waals surface area contributed by atoms with E-state index in [9.17, 15) is 0 Å². The molecule has 172 valence electrons. The summed E-state index contributed by atoms with van der Waals surface area (Å²) in [5.41, 5.74) is 5.15. The second-order valence-electron chi connectivity index (χ2n) is 7.97. The third kappa shape index (κ3) is 3.83. The molecule has 0 aliphatic carbocycles. The molecule has 0 saturated heterocycles. The van der Waals surface area contributed by atoms with Gasteiger partial charge in [-0.25, -0.2) is 19.6 Å². The maximum absolute atomic E-state index is 5.46. The van der Waals surface area contributed by atoms with Crippen LogP contribution in [0.3, 0.4) is 0 Å². The van der Waals surface area contributed by atoms with E-state index in [0.717, 1.165) is 28.0 Å². The van der Waals surface area contributed by atoms with Crippen LogP contribution >= 0.6 is 0 Å². The molecule has 0 atom stereocenters. The number of imidazole rings is 1. The van der Waals surface area contributed by atoms with Crippen LogP contribution in [0.1, 0.15) is 17.0 Å². The zero-order valence-corrected chi connectivity index (χ0v) is 19.6. The van der Waals surface area contributed by atoms with E-state index in [2.05, 4.69) is 49.3 Å². The Bertz CT molecular complexity index is 1490. The fourth-order valence-electron chi connectivity index (χ4n) is 3.94. The van der Waals surface area contributed by atoms with Gasteiger partial charge in [0.15, 0.2) is 11.5 Å². The number of hydrogen-bond acceptors (Lipinski definition) is 8. The lowest BCUT2D eigenvalue weighted by atomic mass is 10.1. The van der Waals surface area contributed by atoms with Crippen LogP contribution in [0.25, 0.3) is 33.8 Å². The number of aromatic nitrogens is 8. The summed E-state index contributed by atoms with van der Waals surface area (Å²) in [7, 11) is 5.06. The summed E-state index contributed by atoms with van der Waals surface area (Å²) in [5.74, 6) is 1.76. The van der Waals surface area contributed by atoms with Crippen molar-refractivity contribution in [1.29, 1.82) is 0 Å². The van der Waals surface area contributed by atoms with Crippen LogP contribution in [0.15, 0.2) is 42.9 Å². The number of fused-ring (bicyclic) bond motifs is 1. The lowest BCUT2D eigenvalue weighted by Gasteiger charge is -2.11. The molecule has 0 N–H and O–H groups in total. The fraction of sp³-hybridized carbons (Fsp3) is 0.250. The lowest BCUT2D eigenvalue weighted by Crippen LogP contribution is -2.05. The van der Waals surface area contributed by atoms with E-state index in [1.807, 2.05) is 36.3 Å². The zero-order valence-electron chi connectivity index (χ0n) is 19.6. The predicted molar refractivity (Wildman–Crippen MR) is 127 cm³/mol. The van der Waals surface area contributed by atoms with Gasteiger partial charge in [-0.2, -0.15) is 15.1 Å². The van der Waals surface area contributed by atoms with E-state index in [-0.39, 0.29) is 6.01 Å². The summed E-state index contributed by atoms with van der Waals surface area (Å²) in [6.07, 6.45) is 5.52. The third-order valence-corrected chi connectivity index (χ3v) is 5.55. The van der Waals surface area contributed by atoms with E-state index in [0.29, 0.717) is 35.2 Å². The van der Waals surface area contributed by atoms with Gasteiger partial charge < -0.3 is 14.0 Å². The van der Waals surface area contributed by atoms with Crippen LogP contribution in [0.4, 0.5) is 0 Å². The highest BCUT2D eigenvalue weighted by Gasteiger charge is 2.19. The Labute approximate surface area is 196 Å². The average molecular weight is 457 g/mol. The van der Waals surface area contributed by atoms with Crippen molar-refractivity contribution in [2.75, 3.05) is 14.2 Å². The number of aryl methyl sites for hydroxylation is 3. The summed E-state index contributed by atoms with van der Waals surface area (Å²) in [5, 5.41) is 5.37. The van der Waals surface area contributed by atoms with Crippen LogP contribution in [0, 0.1) is 13.8 Å². The van der Waals surface area contributed by atoms with E-state index < -0.39 is 0 Å². The lowest BCUT2D eigenvalue weighted by molar-refractivity contribution is 0.352. The number of methoxy groups -OCH3 is 2. The first-order valence-electron chi connectivity index (χ1n) is 10.7. The van der Waals surface area contributed by atoms with Crippen molar-refractivity contribution < 1.29 is 9.47 Å². The maximum atomic E-state index is 5.46. The van der Waals surface area contributed by atoms with Crippen LogP contribution in [-0.2, 0) is 13.6 Å². The molecule has 0 saturated carbocycles. The monoisotopic (exact) mass is 456 g/mol. The number of ether oxygens (including phenoxy) is 2. The van der Waals surface area contributed by atoms with Gasteiger partial charge in [0.2, 0.25) is 5.88 Å². The summed E-state index contributed by atoms with van der Waals surface area (Å²) in [4.78, 5) is 22.5. The highest BCUT2D eigenvalue weighted by molar-refractivity contribution is 5.77. The van der Waals surface area contributed by atoms with Crippen molar-refractivity contribution in [3.05, 3.63) is 59.8 Å². The molecule has 5 aromatic rings. The van der Waals surface area contributed by atoms with Gasteiger partial charge in [0.1, 0.15) is 11.4 Å². The topological polar surface area (TPSA) is 106 Å². The average Bonchev–Trinajstić information content (AvgIpc) is 3.40. The van der Waals surface area contributed by atoms with Gasteiger partial charge in [-0.15, -0.1) is 0 Å². The van der Waals surface area contributed by atoms with Crippen LogP contribution < -0.4 is 9.47 Å². The zero-order chi connectivity index (χ0) is 23.8. The largest absolute Gasteiger partial charge is 0.480 e. The Morgan fingerprint density at radius 2 is 1.71 bits per heavy atom. The standard InChI is InChI=1S/C24H24N8O2/c1-14-12-31(3)21(27-14)17-8-6-16(7-9-17)13-32-22-18(11-26-32)10-25-20(29-22)19-15(2)28-24(34-5)30-23(19)33-4/h6-12H,13H2,1-5H3. The first-order chi connectivity index (χ1) is 16.5. The van der Waals surface area contributed by atoms with Gasteiger partial charge >= 0.3 is 6.01 Å². The predicted octanol–water partition coefficient (Wildman–Crippen LogP) is 3.37. The van der Waals surface area contributed by atoms with Crippen molar-refractivity contribution in [2.24, 2.45) is 7.05 Å². The summed E-state index contributed by atoms with van der Waals surface area (Å²) in [6, 6.07) is 8.55.